The summed E-state index contributed by atoms with van der Waals surface area (Å²) in [5, 5.41) is 0. The highest BCUT2D eigenvalue weighted by Crippen LogP contribution is 2.41. The summed E-state index contributed by atoms with van der Waals surface area (Å²) in [6.45, 7) is 2.09. The van der Waals surface area contributed by atoms with Crippen molar-refractivity contribution in [3.63, 3.8) is 0 Å². The van der Waals surface area contributed by atoms with Crippen LogP contribution in [0.1, 0.15) is 24.5 Å². The van der Waals surface area contributed by atoms with E-state index in [-0.39, 0.29) is 6.42 Å². The first kappa shape index (κ1) is 14.7. The molecule has 0 nitrogen and oxygen atoms in total. The predicted octanol–water partition coefficient (Wildman–Crippen LogP) is 5.89. The summed E-state index contributed by atoms with van der Waals surface area (Å²) < 4.78 is 28.9. The van der Waals surface area contributed by atoms with E-state index in [0.29, 0.717) is 5.56 Å². The average Bonchev–Trinajstić information content (AvgIpc) is 2.55. The third-order valence-corrected chi connectivity index (χ3v) is 4.08. The second-order valence-electron chi connectivity index (χ2n) is 5.60. The van der Waals surface area contributed by atoms with Crippen LogP contribution in [0, 0.1) is 0 Å². The van der Waals surface area contributed by atoms with Crippen molar-refractivity contribution in [3.05, 3.63) is 83.7 Å². The number of aryl methyl sites for hydroxylation is 1. The minimum absolute atomic E-state index is 0.158. The van der Waals surface area contributed by atoms with Crippen LogP contribution in [0.15, 0.2) is 72.6 Å². The topological polar surface area (TPSA) is 0 Å². The summed E-state index contributed by atoms with van der Waals surface area (Å²) in [5.74, 6) is -0.522. The molecule has 0 aromatic heterocycles. The SMILES string of the molecule is CCc1cccc(-c2ccccc2C2(F)C=C(F)C=CC2)c1. The maximum atomic E-state index is 15.3. The molecule has 1 aliphatic carbocycles. The molecule has 2 heteroatoms. The van der Waals surface area contributed by atoms with Gasteiger partial charge in [-0.25, -0.2) is 8.78 Å². The molecule has 0 bridgehead atoms. The number of alkyl halides is 1. The van der Waals surface area contributed by atoms with E-state index in [9.17, 15) is 4.39 Å². The van der Waals surface area contributed by atoms with Crippen molar-refractivity contribution in [2.24, 2.45) is 0 Å². The molecule has 2 aromatic carbocycles. The highest BCUT2D eigenvalue weighted by Gasteiger charge is 2.33. The Labute approximate surface area is 129 Å². The molecule has 112 valence electrons. The molecule has 0 fully saturated rings. The Morgan fingerprint density at radius 1 is 1.09 bits per heavy atom. The van der Waals surface area contributed by atoms with Crippen LogP contribution in [0.2, 0.25) is 0 Å². The van der Waals surface area contributed by atoms with Crippen molar-refractivity contribution in [1.82, 2.24) is 0 Å². The van der Waals surface area contributed by atoms with Gasteiger partial charge in [0, 0.05) is 12.0 Å². The molecule has 1 aliphatic rings. The smallest absolute Gasteiger partial charge is 0.161 e. The molecular formula is C20H18F2. The van der Waals surface area contributed by atoms with Crippen molar-refractivity contribution in [2.75, 3.05) is 0 Å². The fourth-order valence-corrected chi connectivity index (χ4v) is 2.91. The highest BCUT2D eigenvalue weighted by molar-refractivity contribution is 5.70. The van der Waals surface area contributed by atoms with Crippen molar-refractivity contribution < 1.29 is 8.78 Å². The molecule has 0 spiro atoms. The van der Waals surface area contributed by atoms with Crippen LogP contribution in [0.4, 0.5) is 8.78 Å². The van der Waals surface area contributed by atoms with E-state index >= 15 is 4.39 Å². The molecule has 0 saturated heterocycles. The molecule has 2 aromatic rings. The number of hydrogen-bond donors (Lipinski definition) is 0. The second-order valence-corrected chi connectivity index (χ2v) is 5.60. The maximum Gasteiger partial charge on any atom is 0.161 e. The largest absolute Gasteiger partial charge is 0.234 e. The van der Waals surface area contributed by atoms with Crippen LogP contribution in [-0.4, -0.2) is 0 Å². The van der Waals surface area contributed by atoms with Gasteiger partial charge in [0.05, 0.1) is 0 Å². The van der Waals surface area contributed by atoms with E-state index < -0.39 is 11.5 Å². The van der Waals surface area contributed by atoms with Gasteiger partial charge in [-0.1, -0.05) is 61.5 Å². The fraction of sp³-hybridized carbons (Fsp3) is 0.200. The van der Waals surface area contributed by atoms with Crippen LogP contribution in [0.3, 0.4) is 0 Å². The lowest BCUT2D eigenvalue weighted by Gasteiger charge is -2.26. The van der Waals surface area contributed by atoms with Gasteiger partial charge in [-0.2, -0.15) is 0 Å². The lowest BCUT2D eigenvalue weighted by Crippen LogP contribution is -2.19. The van der Waals surface area contributed by atoms with Gasteiger partial charge in [-0.3, -0.25) is 0 Å². The first-order valence-corrected chi connectivity index (χ1v) is 7.55. The van der Waals surface area contributed by atoms with Gasteiger partial charge in [0.1, 0.15) is 5.83 Å². The van der Waals surface area contributed by atoms with E-state index in [0.717, 1.165) is 23.6 Å². The number of benzene rings is 2. The fourth-order valence-electron chi connectivity index (χ4n) is 2.91. The predicted molar refractivity (Wildman–Crippen MR) is 87.0 cm³/mol. The van der Waals surface area contributed by atoms with Gasteiger partial charge in [0.2, 0.25) is 0 Å². The van der Waals surface area contributed by atoms with Crippen LogP contribution in [-0.2, 0) is 12.1 Å². The Morgan fingerprint density at radius 2 is 1.91 bits per heavy atom. The molecule has 0 aliphatic heterocycles. The Morgan fingerprint density at radius 3 is 2.68 bits per heavy atom. The first-order chi connectivity index (χ1) is 10.6. The number of rotatable bonds is 3. The molecule has 1 unspecified atom stereocenters. The van der Waals surface area contributed by atoms with Crippen molar-refractivity contribution in [3.8, 4) is 11.1 Å². The summed E-state index contributed by atoms with van der Waals surface area (Å²) in [5.41, 5.74) is 1.71. The lowest BCUT2D eigenvalue weighted by molar-refractivity contribution is 0.231. The zero-order valence-corrected chi connectivity index (χ0v) is 12.5. The zero-order chi connectivity index (χ0) is 15.6. The maximum absolute atomic E-state index is 15.3. The third-order valence-electron chi connectivity index (χ3n) is 4.08. The first-order valence-electron chi connectivity index (χ1n) is 7.55. The number of hydrogen-bond acceptors (Lipinski definition) is 0. The van der Waals surface area contributed by atoms with Gasteiger partial charge in [0.25, 0.3) is 0 Å². The van der Waals surface area contributed by atoms with E-state index in [2.05, 4.69) is 19.1 Å². The van der Waals surface area contributed by atoms with Crippen LogP contribution < -0.4 is 0 Å². The molecule has 3 rings (SSSR count). The Balaban J connectivity index is 2.13. The monoisotopic (exact) mass is 296 g/mol. The standard InChI is InChI=1S/C20H18F2/c1-2-15-7-5-8-16(13-15)18-10-3-4-11-19(18)20(22)12-6-9-17(21)14-20/h3-11,13-14H,2,12H2,1H3. The lowest BCUT2D eigenvalue weighted by atomic mass is 9.83. The van der Waals surface area contributed by atoms with Crippen LogP contribution in [0.25, 0.3) is 11.1 Å². The molecular weight excluding hydrogens is 278 g/mol. The second kappa shape index (κ2) is 5.88. The van der Waals surface area contributed by atoms with Crippen molar-refractivity contribution in [1.29, 1.82) is 0 Å². The summed E-state index contributed by atoms with van der Waals surface area (Å²) in [6, 6.07) is 15.4. The zero-order valence-electron chi connectivity index (χ0n) is 12.5. The van der Waals surface area contributed by atoms with E-state index in [1.54, 1.807) is 18.2 Å². The quantitative estimate of drug-likeness (QED) is 0.662. The third kappa shape index (κ3) is 2.74. The minimum Gasteiger partial charge on any atom is -0.234 e. The molecule has 1 atom stereocenters. The molecule has 0 radical (unpaired) electrons. The van der Waals surface area contributed by atoms with Gasteiger partial charge in [-0.05, 0) is 35.3 Å². The summed E-state index contributed by atoms with van der Waals surface area (Å²) >= 11 is 0. The van der Waals surface area contributed by atoms with Gasteiger partial charge < -0.3 is 0 Å². The summed E-state index contributed by atoms with van der Waals surface area (Å²) in [4.78, 5) is 0. The van der Waals surface area contributed by atoms with Gasteiger partial charge in [0.15, 0.2) is 5.67 Å². The number of halogens is 2. The molecule has 0 amide bonds. The molecule has 0 N–H and O–H groups in total. The van der Waals surface area contributed by atoms with Gasteiger partial charge in [-0.15, -0.1) is 0 Å². The van der Waals surface area contributed by atoms with Crippen molar-refractivity contribution >= 4 is 0 Å². The van der Waals surface area contributed by atoms with Gasteiger partial charge >= 0.3 is 0 Å². The summed E-state index contributed by atoms with van der Waals surface area (Å²) in [7, 11) is 0. The Hall–Kier alpha value is -2.22. The average molecular weight is 296 g/mol. The molecule has 0 heterocycles. The molecule has 0 saturated carbocycles. The normalized spacial score (nSPS) is 20.8. The number of allylic oxidation sites excluding steroid dienone is 4. The Kier molecular flexibility index (Phi) is 3.93. The van der Waals surface area contributed by atoms with Crippen LogP contribution >= 0.6 is 0 Å². The molecule has 22 heavy (non-hydrogen) atoms. The van der Waals surface area contributed by atoms with E-state index in [1.165, 1.54) is 11.6 Å². The van der Waals surface area contributed by atoms with E-state index in [1.807, 2.05) is 24.3 Å². The van der Waals surface area contributed by atoms with Crippen molar-refractivity contribution in [2.45, 2.75) is 25.4 Å². The Bertz CT molecular complexity index is 743. The van der Waals surface area contributed by atoms with Crippen LogP contribution in [0.5, 0.6) is 0 Å². The van der Waals surface area contributed by atoms with E-state index in [4.69, 9.17) is 0 Å². The minimum atomic E-state index is -1.79. The summed E-state index contributed by atoms with van der Waals surface area (Å²) in [6.07, 6.45) is 5.03. The highest BCUT2D eigenvalue weighted by atomic mass is 19.1.